The van der Waals surface area contributed by atoms with Crippen LogP contribution >= 0.6 is 0 Å². The van der Waals surface area contributed by atoms with Gasteiger partial charge in [0.25, 0.3) is 0 Å². The summed E-state index contributed by atoms with van der Waals surface area (Å²) in [5, 5.41) is 0. The van der Waals surface area contributed by atoms with Gasteiger partial charge in [0.05, 0.1) is 6.04 Å². The van der Waals surface area contributed by atoms with Gasteiger partial charge in [-0.2, -0.15) is 0 Å². The van der Waals surface area contributed by atoms with Crippen LogP contribution < -0.4 is 0 Å². The summed E-state index contributed by atoms with van der Waals surface area (Å²) in [6, 6.07) is 2.60. The average Bonchev–Trinajstić information content (AvgIpc) is 2.50. The molecule has 0 radical (unpaired) electrons. The zero-order chi connectivity index (χ0) is 16.4. The van der Waals surface area contributed by atoms with Gasteiger partial charge in [-0.1, -0.05) is 0 Å². The molecule has 0 spiro atoms. The van der Waals surface area contributed by atoms with Crippen molar-refractivity contribution in [3.8, 4) is 0 Å². The van der Waals surface area contributed by atoms with Crippen LogP contribution in [0.2, 0.25) is 0 Å². The molecule has 1 fully saturated rings. The minimum Gasteiger partial charge on any atom is -0.346 e. The van der Waals surface area contributed by atoms with E-state index in [-0.39, 0.29) is 23.8 Å². The van der Waals surface area contributed by atoms with Gasteiger partial charge in [0, 0.05) is 38.5 Å². The van der Waals surface area contributed by atoms with Crippen LogP contribution in [0.3, 0.4) is 0 Å². The normalized spacial score (nSPS) is 20.0. The zero-order valence-corrected chi connectivity index (χ0v) is 13.0. The Bertz CT molecular complexity index is 592. The lowest BCUT2D eigenvalue weighted by Crippen LogP contribution is -2.43. The summed E-state index contributed by atoms with van der Waals surface area (Å²) in [5.41, 5.74) is 0.134. The Balaban J connectivity index is 2.13. The Hall–Kier alpha value is -1.98. The molecule has 0 bridgehead atoms. The Morgan fingerprint density at radius 2 is 2.09 bits per heavy atom. The molecule has 4 nitrogen and oxygen atoms in total. The minimum absolute atomic E-state index is 0.0670. The second kappa shape index (κ2) is 6.42. The summed E-state index contributed by atoms with van der Waals surface area (Å²) in [5.74, 6) is -1.76. The van der Waals surface area contributed by atoms with Crippen LogP contribution in [0.4, 0.5) is 8.78 Å². The summed E-state index contributed by atoms with van der Waals surface area (Å²) in [6.07, 6.45) is 0.752. The van der Waals surface area contributed by atoms with Crippen molar-refractivity contribution in [3.63, 3.8) is 0 Å². The van der Waals surface area contributed by atoms with E-state index >= 15 is 0 Å². The second-order valence-corrected chi connectivity index (χ2v) is 5.80. The molecule has 0 aliphatic carbocycles. The number of carbonyl (C=O) groups excluding carboxylic acids is 2. The number of likely N-dealkylation sites (tertiary alicyclic amines) is 1. The third-order valence-corrected chi connectivity index (χ3v) is 4.35. The van der Waals surface area contributed by atoms with Gasteiger partial charge >= 0.3 is 0 Å². The minimum atomic E-state index is -0.599. The first-order valence-electron chi connectivity index (χ1n) is 7.27. The standard InChI is InChI=1S/C16H20F2N2O2/c1-10(13-9-12(17)4-5-14(13)18)20(3)16(22)11-6-7-19(2)15(21)8-11/h4-5,9-11H,6-8H2,1-3H3. The average molecular weight is 310 g/mol. The predicted octanol–water partition coefficient (Wildman–Crippen LogP) is 2.35. The number of piperidine rings is 1. The van der Waals surface area contributed by atoms with Crippen molar-refractivity contribution >= 4 is 11.8 Å². The monoisotopic (exact) mass is 310 g/mol. The smallest absolute Gasteiger partial charge is 0.226 e. The van der Waals surface area contributed by atoms with Crippen molar-refractivity contribution in [1.82, 2.24) is 9.80 Å². The lowest BCUT2D eigenvalue weighted by Gasteiger charge is -2.33. The molecule has 1 aliphatic rings. The lowest BCUT2D eigenvalue weighted by atomic mass is 9.94. The van der Waals surface area contributed by atoms with E-state index in [1.807, 2.05) is 0 Å². The maximum atomic E-state index is 13.8. The van der Waals surface area contributed by atoms with Crippen molar-refractivity contribution in [2.45, 2.75) is 25.8 Å². The Labute approximate surface area is 128 Å². The summed E-state index contributed by atoms with van der Waals surface area (Å²) in [7, 11) is 3.26. The van der Waals surface area contributed by atoms with Crippen molar-refractivity contribution in [3.05, 3.63) is 35.4 Å². The fourth-order valence-corrected chi connectivity index (χ4v) is 2.68. The third-order valence-electron chi connectivity index (χ3n) is 4.35. The van der Waals surface area contributed by atoms with Gasteiger partial charge in [0.15, 0.2) is 0 Å². The van der Waals surface area contributed by atoms with Gasteiger partial charge in [-0.3, -0.25) is 9.59 Å². The zero-order valence-electron chi connectivity index (χ0n) is 13.0. The number of hydrogen-bond donors (Lipinski definition) is 0. The fraction of sp³-hybridized carbons (Fsp3) is 0.500. The van der Waals surface area contributed by atoms with E-state index in [2.05, 4.69) is 0 Å². The fourth-order valence-electron chi connectivity index (χ4n) is 2.68. The van der Waals surface area contributed by atoms with Crippen LogP contribution in [0.1, 0.15) is 31.4 Å². The molecule has 1 heterocycles. The van der Waals surface area contributed by atoms with Gasteiger partial charge in [0.1, 0.15) is 11.6 Å². The molecule has 2 unspecified atom stereocenters. The van der Waals surface area contributed by atoms with Gasteiger partial charge < -0.3 is 9.80 Å². The Morgan fingerprint density at radius 3 is 2.73 bits per heavy atom. The molecule has 22 heavy (non-hydrogen) atoms. The Morgan fingerprint density at radius 1 is 1.41 bits per heavy atom. The van der Waals surface area contributed by atoms with Crippen molar-refractivity contribution in [1.29, 1.82) is 0 Å². The third kappa shape index (κ3) is 3.26. The highest BCUT2D eigenvalue weighted by Crippen LogP contribution is 2.27. The summed E-state index contributed by atoms with van der Waals surface area (Å²) >= 11 is 0. The molecule has 6 heteroatoms. The lowest BCUT2D eigenvalue weighted by molar-refractivity contribution is -0.144. The number of rotatable bonds is 3. The van der Waals surface area contributed by atoms with Crippen LogP contribution in [0, 0.1) is 17.6 Å². The van der Waals surface area contributed by atoms with Crippen LogP contribution in [0.15, 0.2) is 18.2 Å². The molecule has 1 aromatic carbocycles. The predicted molar refractivity (Wildman–Crippen MR) is 77.9 cm³/mol. The second-order valence-electron chi connectivity index (χ2n) is 5.80. The first-order chi connectivity index (χ1) is 10.3. The summed E-state index contributed by atoms with van der Waals surface area (Å²) < 4.78 is 27.1. The maximum Gasteiger partial charge on any atom is 0.226 e. The Kier molecular flexibility index (Phi) is 4.78. The SMILES string of the molecule is CC(c1cc(F)ccc1F)N(C)C(=O)C1CCN(C)C(=O)C1. The van der Waals surface area contributed by atoms with Gasteiger partial charge in [0.2, 0.25) is 11.8 Å². The van der Waals surface area contributed by atoms with Crippen molar-refractivity contribution in [2.75, 3.05) is 20.6 Å². The molecule has 2 rings (SSSR count). The number of halogens is 2. The van der Waals surface area contributed by atoms with E-state index in [9.17, 15) is 18.4 Å². The van der Waals surface area contributed by atoms with Crippen LogP contribution in [-0.4, -0.2) is 42.3 Å². The molecule has 2 amide bonds. The van der Waals surface area contributed by atoms with E-state index in [0.717, 1.165) is 18.2 Å². The number of carbonyl (C=O) groups is 2. The number of nitrogens with zero attached hydrogens (tertiary/aromatic N) is 2. The first kappa shape index (κ1) is 16.4. The number of hydrogen-bond acceptors (Lipinski definition) is 2. The highest BCUT2D eigenvalue weighted by Gasteiger charge is 2.32. The molecular weight excluding hydrogens is 290 g/mol. The summed E-state index contributed by atoms with van der Waals surface area (Å²) in [6.45, 7) is 2.18. The topological polar surface area (TPSA) is 40.6 Å². The van der Waals surface area contributed by atoms with Crippen LogP contribution in [0.25, 0.3) is 0 Å². The molecule has 0 N–H and O–H groups in total. The number of benzene rings is 1. The largest absolute Gasteiger partial charge is 0.346 e. The van der Waals surface area contributed by atoms with E-state index in [1.54, 1.807) is 25.9 Å². The van der Waals surface area contributed by atoms with E-state index in [0.29, 0.717) is 13.0 Å². The highest BCUT2D eigenvalue weighted by molar-refractivity contribution is 5.87. The summed E-state index contributed by atoms with van der Waals surface area (Å²) in [4.78, 5) is 27.2. The van der Waals surface area contributed by atoms with Gasteiger partial charge in [-0.05, 0) is 31.5 Å². The highest BCUT2D eigenvalue weighted by atomic mass is 19.1. The number of amides is 2. The van der Waals surface area contributed by atoms with Gasteiger partial charge in [-0.15, -0.1) is 0 Å². The quantitative estimate of drug-likeness (QED) is 0.860. The maximum absolute atomic E-state index is 13.8. The van der Waals surface area contributed by atoms with Gasteiger partial charge in [-0.25, -0.2) is 8.78 Å². The van der Waals surface area contributed by atoms with E-state index in [4.69, 9.17) is 0 Å². The molecule has 120 valence electrons. The van der Waals surface area contributed by atoms with Crippen LogP contribution in [0.5, 0.6) is 0 Å². The molecule has 2 atom stereocenters. The van der Waals surface area contributed by atoms with Crippen molar-refractivity contribution in [2.24, 2.45) is 5.92 Å². The van der Waals surface area contributed by atoms with Crippen LogP contribution in [-0.2, 0) is 9.59 Å². The molecule has 0 saturated carbocycles. The van der Waals surface area contributed by atoms with Crippen molar-refractivity contribution < 1.29 is 18.4 Å². The molecule has 0 aromatic heterocycles. The molecule has 1 aromatic rings. The molecule has 1 aliphatic heterocycles. The first-order valence-corrected chi connectivity index (χ1v) is 7.27. The van der Waals surface area contributed by atoms with E-state index in [1.165, 1.54) is 4.90 Å². The molecule has 1 saturated heterocycles. The van der Waals surface area contributed by atoms with E-state index < -0.39 is 23.6 Å². The molecular formula is C16H20F2N2O2.